The van der Waals surface area contributed by atoms with Crippen LogP contribution in [0.4, 0.5) is 11.4 Å². The predicted molar refractivity (Wildman–Crippen MR) is 180 cm³/mol. The van der Waals surface area contributed by atoms with Crippen molar-refractivity contribution in [2.24, 2.45) is 0 Å². The van der Waals surface area contributed by atoms with Gasteiger partial charge in [0, 0.05) is 17.3 Å². The van der Waals surface area contributed by atoms with Crippen LogP contribution in [0.15, 0.2) is 109 Å². The molecule has 45 heavy (non-hydrogen) atoms. The van der Waals surface area contributed by atoms with Gasteiger partial charge < -0.3 is 10.6 Å². The molecule has 0 saturated heterocycles. The minimum Gasteiger partial charge on any atom is -0.377 e. The number of hydrogen-bond acceptors (Lipinski definition) is 6. The van der Waals surface area contributed by atoms with Gasteiger partial charge in [-0.05, 0) is 53.6 Å². The fourth-order valence-electron chi connectivity index (χ4n) is 5.91. The van der Waals surface area contributed by atoms with E-state index in [-0.39, 0.29) is 12.1 Å². The number of nitrogens with zero attached hydrogens (tertiary/aromatic N) is 5. The summed E-state index contributed by atoms with van der Waals surface area (Å²) in [5.74, 6) is 0. The summed E-state index contributed by atoms with van der Waals surface area (Å²) in [5, 5.41) is 27.9. The molecule has 1 fully saturated rings. The summed E-state index contributed by atoms with van der Waals surface area (Å²) in [5.41, 5.74) is 7.85. The number of benzene rings is 4. The van der Waals surface area contributed by atoms with Crippen molar-refractivity contribution in [3.8, 4) is 17.2 Å². The van der Waals surface area contributed by atoms with Crippen molar-refractivity contribution in [3.63, 3.8) is 0 Å². The zero-order valence-corrected chi connectivity index (χ0v) is 25.6. The van der Waals surface area contributed by atoms with Crippen LogP contribution in [-0.2, 0) is 0 Å². The summed E-state index contributed by atoms with van der Waals surface area (Å²) in [7, 11) is 0. The molecular weight excluding hydrogens is 578 g/mol. The van der Waals surface area contributed by atoms with Crippen LogP contribution in [0.5, 0.6) is 0 Å². The second kappa shape index (κ2) is 12.4. The minimum absolute atomic E-state index is 0.00208. The minimum atomic E-state index is -0.321. The van der Waals surface area contributed by atoms with E-state index in [1.807, 2.05) is 59.4 Å². The molecule has 1 saturated carbocycles. The third-order valence-electron chi connectivity index (χ3n) is 8.39. The molecule has 0 aliphatic heterocycles. The maximum atomic E-state index is 10.1. The standard InChI is InChI=1S/C37H32ClN7/c1-2-33(25-13-7-4-8-14-25)42-35-26(21-39)22-40-36-31(35)19-27(20-32(36)38)41-37(34-23-45(44-43-34)28-17-18-28)30-16-10-9-15-29(30)24-11-5-3-6-12-24/h3-16,19-20,22-23,28,33,37,41H,2,17-18H2,1H3,(H,40,42)/t33-,37+/m1/s1. The van der Waals surface area contributed by atoms with Crippen LogP contribution in [0.2, 0.25) is 5.02 Å². The van der Waals surface area contributed by atoms with Gasteiger partial charge in [-0.15, -0.1) is 5.10 Å². The van der Waals surface area contributed by atoms with Crippen LogP contribution in [0.25, 0.3) is 22.0 Å². The Balaban J connectivity index is 1.34. The number of hydrogen-bond donors (Lipinski definition) is 2. The molecule has 0 bridgehead atoms. The van der Waals surface area contributed by atoms with Crippen molar-refractivity contribution in [1.82, 2.24) is 20.0 Å². The Hall–Kier alpha value is -5.19. The van der Waals surface area contributed by atoms with Crippen molar-refractivity contribution in [2.45, 2.75) is 44.3 Å². The smallest absolute Gasteiger partial charge is 0.109 e. The normalized spacial score (nSPS) is 14.1. The number of aromatic nitrogens is 4. The molecule has 0 amide bonds. The molecule has 0 spiro atoms. The molecule has 8 heteroatoms. The van der Waals surface area contributed by atoms with Gasteiger partial charge in [-0.25, -0.2) is 4.68 Å². The molecule has 2 aromatic heterocycles. The quantitative estimate of drug-likeness (QED) is 0.161. The third kappa shape index (κ3) is 5.85. The van der Waals surface area contributed by atoms with Gasteiger partial charge >= 0.3 is 0 Å². The van der Waals surface area contributed by atoms with Gasteiger partial charge in [0.15, 0.2) is 0 Å². The molecule has 4 aromatic carbocycles. The number of nitriles is 1. The first kappa shape index (κ1) is 28.6. The van der Waals surface area contributed by atoms with Gasteiger partial charge in [0.05, 0.1) is 46.1 Å². The Kier molecular flexibility index (Phi) is 7.89. The summed E-state index contributed by atoms with van der Waals surface area (Å²) < 4.78 is 1.97. The van der Waals surface area contributed by atoms with E-state index in [4.69, 9.17) is 11.6 Å². The Morgan fingerprint density at radius 1 is 0.956 bits per heavy atom. The average Bonchev–Trinajstić information content (AvgIpc) is 3.83. The highest BCUT2D eigenvalue weighted by atomic mass is 35.5. The molecular formula is C37H32ClN7. The third-order valence-corrected chi connectivity index (χ3v) is 8.67. The summed E-state index contributed by atoms with van der Waals surface area (Å²) in [4.78, 5) is 4.59. The van der Waals surface area contributed by atoms with E-state index in [1.54, 1.807) is 6.20 Å². The van der Waals surface area contributed by atoms with Crippen LogP contribution >= 0.6 is 11.6 Å². The van der Waals surface area contributed by atoms with E-state index in [9.17, 15) is 5.26 Å². The van der Waals surface area contributed by atoms with Gasteiger partial charge in [0.25, 0.3) is 0 Å². The van der Waals surface area contributed by atoms with E-state index in [1.165, 1.54) is 0 Å². The molecule has 7 nitrogen and oxygen atoms in total. The van der Waals surface area contributed by atoms with Gasteiger partial charge in [-0.1, -0.05) is 109 Å². The summed E-state index contributed by atoms with van der Waals surface area (Å²) in [6.07, 6.45) is 6.71. The lowest BCUT2D eigenvalue weighted by molar-refractivity contribution is 0.610. The van der Waals surface area contributed by atoms with Crippen LogP contribution in [0.1, 0.15) is 66.7 Å². The van der Waals surface area contributed by atoms with Gasteiger partial charge in [-0.2, -0.15) is 5.26 Å². The molecule has 0 radical (unpaired) electrons. The molecule has 2 heterocycles. The fourth-order valence-corrected chi connectivity index (χ4v) is 6.18. The SMILES string of the molecule is CC[C@@H](Nc1c(C#N)cnc2c(Cl)cc(N[C@H](c3cn(C4CC4)nn3)c3ccccc3-c3ccccc3)cc12)c1ccccc1. The van der Waals surface area contributed by atoms with Crippen molar-refractivity contribution >= 4 is 33.9 Å². The lowest BCUT2D eigenvalue weighted by Gasteiger charge is -2.23. The molecule has 1 aliphatic rings. The highest BCUT2D eigenvalue weighted by molar-refractivity contribution is 6.35. The van der Waals surface area contributed by atoms with Crippen molar-refractivity contribution in [1.29, 1.82) is 5.26 Å². The fraction of sp³-hybridized carbons (Fsp3) is 0.189. The first-order valence-electron chi connectivity index (χ1n) is 15.3. The Morgan fingerprint density at radius 2 is 1.69 bits per heavy atom. The second-order valence-corrected chi connectivity index (χ2v) is 11.8. The summed E-state index contributed by atoms with van der Waals surface area (Å²) >= 11 is 6.93. The molecule has 222 valence electrons. The number of halogens is 1. The maximum Gasteiger partial charge on any atom is 0.109 e. The molecule has 7 rings (SSSR count). The Morgan fingerprint density at radius 3 is 2.42 bits per heavy atom. The van der Waals surface area contributed by atoms with E-state index in [0.717, 1.165) is 58.3 Å². The van der Waals surface area contributed by atoms with Crippen molar-refractivity contribution in [2.75, 3.05) is 10.6 Å². The van der Waals surface area contributed by atoms with E-state index in [2.05, 4.69) is 87.5 Å². The number of anilines is 2. The number of nitrogens with one attached hydrogen (secondary N) is 2. The van der Waals surface area contributed by atoms with Crippen LogP contribution < -0.4 is 10.6 Å². The highest BCUT2D eigenvalue weighted by Crippen LogP contribution is 2.40. The molecule has 6 aromatic rings. The van der Waals surface area contributed by atoms with Gasteiger partial charge in [0.1, 0.15) is 11.8 Å². The van der Waals surface area contributed by atoms with Crippen molar-refractivity contribution in [3.05, 3.63) is 137 Å². The molecule has 0 unspecified atom stereocenters. The van der Waals surface area contributed by atoms with Crippen LogP contribution in [-0.4, -0.2) is 20.0 Å². The topological polar surface area (TPSA) is 91.5 Å². The second-order valence-electron chi connectivity index (χ2n) is 11.4. The lowest BCUT2D eigenvalue weighted by atomic mass is 9.93. The average molecular weight is 610 g/mol. The first-order chi connectivity index (χ1) is 22.1. The highest BCUT2D eigenvalue weighted by Gasteiger charge is 2.28. The zero-order valence-electron chi connectivity index (χ0n) is 24.9. The van der Waals surface area contributed by atoms with Crippen molar-refractivity contribution < 1.29 is 0 Å². The first-order valence-corrected chi connectivity index (χ1v) is 15.7. The Bertz CT molecular complexity index is 2000. The van der Waals surface area contributed by atoms with Gasteiger partial charge in [-0.3, -0.25) is 4.98 Å². The maximum absolute atomic E-state index is 10.1. The lowest BCUT2D eigenvalue weighted by Crippen LogP contribution is -2.15. The number of rotatable bonds is 10. The number of pyridine rings is 1. The molecule has 1 aliphatic carbocycles. The van der Waals surface area contributed by atoms with Crippen LogP contribution in [0, 0.1) is 11.3 Å². The Labute approximate surface area is 267 Å². The zero-order chi connectivity index (χ0) is 30.8. The summed E-state index contributed by atoms with van der Waals surface area (Å²) in [6.45, 7) is 2.13. The number of fused-ring (bicyclic) bond motifs is 1. The van der Waals surface area contributed by atoms with E-state index >= 15 is 0 Å². The predicted octanol–water partition coefficient (Wildman–Crippen LogP) is 9.12. The molecule has 2 atom stereocenters. The monoisotopic (exact) mass is 609 g/mol. The van der Waals surface area contributed by atoms with Crippen LogP contribution in [0.3, 0.4) is 0 Å². The van der Waals surface area contributed by atoms with Gasteiger partial charge in [0.2, 0.25) is 0 Å². The van der Waals surface area contributed by atoms with E-state index < -0.39 is 0 Å². The summed E-state index contributed by atoms with van der Waals surface area (Å²) in [6, 6.07) is 35.3. The molecule has 2 N–H and O–H groups in total. The largest absolute Gasteiger partial charge is 0.377 e. The van der Waals surface area contributed by atoms with E-state index in [0.29, 0.717) is 27.8 Å².